The van der Waals surface area contributed by atoms with E-state index in [1.165, 1.54) is 0 Å². The summed E-state index contributed by atoms with van der Waals surface area (Å²) in [4.78, 5) is 12.9. The van der Waals surface area contributed by atoms with Crippen LogP contribution in [0.25, 0.3) is 0 Å². The van der Waals surface area contributed by atoms with Crippen molar-refractivity contribution in [3.63, 3.8) is 0 Å². The number of carbonyl (C=O) groups excluding carboxylic acids is 1. The van der Waals surface area contributed by atoms with Crippen LogP contribution in [0.2, 0.25) is 0 Å². The third kappa shape index (κ3) is 2.43. The first-order valence-electron chi connectivity index (χ1n) is 4.48. The van der Waals surface area contributed by atoms with E-state index >= 15 is 0 Å². The summed E-state index contributed by atoms with van der Waals surface area (Å²) in [6.07, 6.45) is 0.271. The van der Waals surface area contributed by atoms with Crippen LogP contribution in [0.1, 0.15) is 19.8 Å². The second-order valence-corrected chi connectivity index (χ2v) is 3.51. The molecule has 0 radical (unpaired) electrons. The highest BCUT2D eigenvalue weighted by Crippen LogP contribution is 2.16. The van der Waals surface area contributed by atoms with Gasteiger partial charge in [0.2, 0.25) is 5.91 Å². The Kier molecular flexibility index (Phi) is 3.26. The first-order valence-corrected chi connectivity index (χ1v) is 4.48. The Labute approximate surface area is 77.8 Å². The van der Waals surface area contributed by atoms with Crippen LogP contribution in [0, 0.1) is 17.2 Å². The van der Waals surface area contributed by atoms with Crippen molar-refractivity contribution in [2.45, 2.75) is 25.9 Å². The van der Waals surface area contributed by atoms with E-state index in [0.29, 0.717) is 19.5 Å². The molecule has 1 rings (SSSR count). The molecule has 1 aliphatic heterocycles. The molecule has 1 heterocycles. The molecule has 0 unspecified atom stereocenters. The van der Waals surface area contributed by atoms with Crippen molar-refractivity contribution in [1.82, 2.24) is 4.90 Å². The van der Waals surface area contributed by atoms with Crippen LogP contribution >= 0.6 is 0 Å². The largest absolute Gasteiger partial charge is 0.393 e. The van der Waals surface area contributed by atoms with Crippen molar-refractivity contribution >= 4 is 5.91 Å². The second-order valence-electron chi connectivity index (χ2n) is 3.51. The standard InChI is InChI=1S/C9H14N2O2/c1-7-6-11(5-3-8(7)12)9(13)2-4-10/h7-8,12H,2-3,5-6H2,1H3/t7-,8+/m1/s1. The van der Waals surface area contributed by atoms with Gasteiger partial charge in [0.1, 0.15) is 6.42 Å². The lowest BCUT2D eigenvalue weighted by Gasteiger charge is -2.33. The van der Waals surface area contributed by atoms with E-state index in [0.717, 1.165) is 0 Å². The van der Waals surface area contributed by atoms with Crippen molar-refractivity contribution in [1.29, 1.82) is 5.26 Å². The number of aliphatic hydroxyl groups excluding tert-OH is 1. The lowest BCUT2D eigenvalue weighted by Crippen LogP contribution is -2.44. The predicted molar refractivity (Wildman–Crippen MR) is 46.6 cm³/mol. The van der Waals surface area contributed by atoms with Gasteiger partial charge in [-0.2, -0.15) is 5.26 Å². The van der Waals surface area contributed by atoms with E-state index in [-0.39, 0.29) is 24.3 Å². The Balaban J connectivity index is 2.46. The number of amides is 1. The summed E-state index contributed by atoms with van der Waals surface area (Å²) in [7, 11) is 0. The lowest BCUT2D eigenvalue weighted by atomic mass is 9.96. The molecule has 0 saturated carbocycles. The van der Waals surface area contributed by atoms with Crippen LogP contribution in [0.15, 0.2) is 0 Å². The minimum atomic E-state index is -0.300. The molecule has 72 valence electrons. The number of likely N-dealkylation sites (tertiary alicyclic amines) is 1. The van der Waals surface area contributed by atoms with E-state index < -0.39 is 0 Å². The summed E-state index contributed by atoms with van der Waals surface area (Å²) in [5, 5.41) is 17.7. The van der Waals surface area contributed by atoms with Crippen LogP contribution in [0.4, 0.5) is 0 Å². The van der Waals surface area contributed by atoms with E-state index in [9.17, 15) is 9.90 Å². The first kappa shape index (κ1) is 10.0. The van der Waals surface area contributed by atoms with Gasteiger partial charge in [0.25, 0.3) is 0 Å². The zero-order chi connectivity index (χ0) is 9.84. The van der Waals surface area contributed by atoms with Gasteiger partial charge in [-0.3, -0.25) is 4.79 Å². The molecule has 1 fully saturated rings. The topological polar surface area (TPSA) is 64.3 Å². The number of hydrogen-bond donors (Lipinski definition) is 1. The Morgan fingerprint density at radius 3 is 3.00 bits per heavy atom. The van der Waals surface area contributed by atoms with Crippen molar-refractivity contribution in [3.8, 4) is 6.07 Å². The van der Waals surface area contributed by atoms with Gasteiger partial charge in [-0.15, -0.1) is 0 Å². The highest BCUT2D eigenvalue weighted by atomic mass is 16.3. The molecule has 0 aromatic carbocycles. The van der Waals surface area contributed by atoms with Crippen LogP contribution in [0.5, 0.6) is 0 Å². The maximum absolute atomic E-state index is 11.3. The molecule has 0 aromatic rings. The minimum absolute atomic E-state index is 0.0528. The van der Waals surface area contributed by atoms with Crippen molar-refractivity contribution in [3.05, 3.63) is 0 Å². The fourth-order valence-electron chi connectivity index (χ4n) is 1.54. The monoisotopic (exact) mass is 182 g/mol. The van der Waals surface area contributed by atoms with Crippen molar-refractivity contribution < 1.29 is 9.90 Å². The van der Waals surface area contributed by atoms with Gasteiger partial charge in [0.15, 0.2) is 0 Å². The summed E-state index contributed by atoms with van der Waals surface area (Å²) in [5.41, 5.74) is 0. The van der Waals surface area contributed by atoms with E-state index in [1.807, 2.05) is 13.0 Å². The summed E-state index contributed by atoms with van der Waals surface area (Å²) in [5.74, 6) is -0.00218. The number of nitriles is 1. The Hall–Kier alpha value is -1.08. The van der Waals surface area contributed by atoms with Gasteiger partial charge in [-0.25, -0.2) is 0 Å². The third-order valence-corrected chi connectivity index (χ3v) is 2.44. The number of hydrogen-bond acceptors (Lipinski definition) is 3. The molecule has 1 amide bonds. The van der Waals surface area contributed by atoms with E-state index in [2.05, 4.69) is 0 Å². The van der Waals surface area contributed by atoms with Gasteiger partial charge in [-0.1, -0.05) is 6.92 Å². The molecule has 1 saturated heterocycles. The third-order valence-electron chi connectivity index (χ3n) is 2.44. The molecule has 0 bridgehead atoms. The normalized spacial score (nSPS) is 28.2. The predicted octanol–water partition coefficient (Wildman–Crippen LogP) is 0.129. The van der Waals surface area contributed by atoms with Crippen molar-refractivity contribution in [2.24, 2.45) is 5.92 Å². The number of piperidine rings is 1. The highest BCUT2D eigenvalue weighted by molar-refractivity contribution is 5.78. The van der Waals surface area contributed by atoms with Gasteiger partial charge >= 0.3 is 0 Å². The summed E-state index contributed by atoms with van der Waals surface area (Å²) in [6, 6.07) is 1.84. The molecular weight excluding hydrogens is 168 g/mol. The highest BCUT2D eigenvalue weighted by Gasteiger charge is 2.26. The van der Waals surface area contributed by atoms with E-state index in [1.54, 1.807) is 4.90 Å². The molecule has 2 atom stereocenters. The molecule has 4 heteroatoms. The average Bonchev–Trinajstić information content (AvgIpc) is 2.10. The SMILES string of the molecule is C[C@@H]1CN(C(=O)CC#N)CC[C@@H]1O. The fraction of sp³-hybridized carbons (Fsp3) is 0.778. The molecule has 1 N–H and O–H groups in total. The van der Waals surface area contributed by atoms with Crippen LogP contribution < -0.4 is 0 Å². The molecule has 0 aliphatic carbocycles. The molecule has 4 nitrogen and oxygen atoms in total. The summed E-state index contributed by atoms with van der Waals surface area (Å²) >= 11 is 0. The van der Waals surface area contributed by atoms with Crippen LogP contribution in [0.3, 0.4) is 0 Å². The number of carbonyl (C=O) groups is 1. The van der Waals surface area contributed by atoms with Crippen LogP contribution in [-0.2, 0) is 4.79 Å². The van der Waals surface area contributed by atoms with Crippen molar-refractivity contribution in [2.75, 3.05) is 13.1 Å². The zero-order valence-electron chi connectivity index (χ0n) is 7.73. The molecule has 1 aliphatic rings. The van der Waals surface area contributed by atoms with Gasteiger partial charge in [0, 0.05) is 13.1 Å². The second kappa shape index (κ2) is 4.24. The lowest BCUT2D eigenvalue weighted by molar-refractivity contribution is -0.133. The number of nitrogens with zero attached hydrogens (tertiary/aromatic N) is 2. The van der Waals surface area contributed by atoms with Gasteiger partial charge in [0.05, 0.1) is 12.2 Å². The quantitative estimate of drug-likeness (QED) is 0.627. The van der Waals surface area contributed by atoms with Crippen LogP contribution in [-0.4, -0.2) is 35.1 Å². The van der Waals surface area contributed by atoms with Gasteiger partial charge in [-0.05, 0) is 12.3 Å². The maximum Gasteiger partial charge on any atom is 0.236 e. The maximum atomic E-state index is 11.3. The fourth-order valence-corrected chi connectivity index (χ4v) is 1.54. The smallest absolute Gasteiger partial charge is 0.236 e. The average molecular weight is 182 g/mol. The molecule has 13 heavy (non-hydrogen) atoms. The number of rotatable bonds is 1. The zero-order valence-corrected chi connectivity index (χ0v) is 7.73. The Morgan fingerprint density at radius 2 is 2.46 bits per heavy atom. The number of aliphatic hydroxyl groups is 1. The molecular formula is C9H14N2O2. The Morgan fingerprint density at radius 1 is 1.77 bits per heavy atom. The summed E-state index contributed by atoms with van der Waals surface area (Å²) in [6.45, 7) is 3.06. The minimum Gasteiger partial charge on any atom is -0.393 e. The summed E-state index contributed by atoms with van der Waals surface area (Å²) < 4.78 is 0. The first-order chi connectivity index (χ1) is 6.15. The van der Waals surface area contributed by atoms with E-state index in [4.69, 9.17) is 5.26 Å². The molecule has 0 spiro atoms. The Bertz CT molecular complexity index is 234. The van der Waals surface area contributed by atoms with Gasteiger partial charge < -0.3 is 10.0 Å². The molecule has 0 aromatic heterocycles.